The van der Waals surface area contributed by atoms with Crippen LogP contribution in [0.15, 0.2) is 72.1 Å². The summed E-state index contributed by atoms with van der Waals surface area (Å²) in [7, 11) is 3.25. The number of thiazole rings is 1. The van der Waals surface area contributed by atoms with Crippen molar-refractivity contribution in [2.75, 3.05) is 20.8 Å². The van der Waals surface area contributed by atoms with Gasteiger partial charge >= 0.3 is 0 Å². The number of carbonyl (C=O) groups excluding carboxylic acids is 1. The summed E-state index contributed by atoms with van der Waals surface area (Å²) < 4.78 is 23.9. The largest absolute Gasteiger partial charge is 0.493 e. The van der Waals surface area contributed by atoms with Crippen molar-refractivity contribution >= 4 is 28.8 Å². The number of nitrogens with zero attached hydrogens (tertiary/aromatic N) is 2. The predicted octanol–water partition coefficient (Wildman–Crippen LogP) is 6.13. The Kier molecular flexibility index (Phi) is 9.70. The van der Waals surface area contributed by atoms with Crippen molar-refractivity contribution in [3.8, 4) is 11.5 Å². The van der Waals surface area contributed by atoms with E-state index in [1.165, 1.54) is 23.5 Å². The second-order valence-corrected chi connectivity index (χ2v) is 10.1. The molecule has 3 aromatic carbocycles. The minimum atomic E-state index is -0.308. The summed E-state index contributed by atoms with van der Waals surface area (Å²) in [4.78, 5) is 19.5. The van der Waals surface area contributed by atoms with Gasteiger partial charge in [-0.2, -0.15) is 0 Å². The molecule has 0 aliphatic carbocycles. The van der Waals surface area contributed by atoms with Crippen LogP contribution in [0.2, 0.25) is 5.02 Å². The zero-order valence-electron chi connectivity index (χ0n) is 21.2. The van der Waals surface area contributed by atoms with E-state index in [4.69, 9.17) is 21.1 Å². The van der Waals surface area contributed by atoms with Crippen molar-refractivity contribution in [1.29, 1.82) is 0 Å². The first kappa shape index (κ1) is 27.6. The summed E-state index contributed by atoms with van der Waals surface area (Å²) in [5.41, 5.74) is 3.41. The van der Waals surface area contributed by atoms with Crippen LogP contribution in [0.4, 0.5) is 4.39 Å². The Labute approximate surface area is 231 Å². The maximum atomic E-state index is 13.1. The quantitative estimate of drug-likeness (QED) is 0.229. The molecule has 0 saturated heterocycles. The first-order chi connectivity index (χ1) is 18.4. The van der Waals surface area contributed by atoms with E-state index in [1.807, 2.05) is 42.5 Å². The van der Waals surface area contributed by atoms with Gasteiger partial charge in [0.05, 0.1) is 20.8 Å². The summed E-state index contributed by atoms with van der Waals surface area (Å²) >= 11 is 7.68. The molecule has 0 saturated carbocycles. The predicted molar refractivity (Wildman–Crippen MR) is 149 cm³/mol. The van der Waals surface area contributed by atoms with Gasteiger partial charge in [-0.3, -0.25) is 9.69 Å². The van der Waals surface area contributed by atoms with Crippen LogP contribution in [0.5, 0.6) is 11.5 Å². The van der Waals surface area contributed by atoms with Crippen molar-refractivity contribution < 1.29 is 18.7 Å². The number of rotatable bonds is 12. The molecule has 1 amide bonds. The summed E-state index contributed by atoms with van der Waals surface area (Å²) in [5.74, 6) is 0.823. The molecule has 0 fully saturated rings. The number of hydrogen-bond acceptors (Lipinski definition) is 6. The van der Waals surface area contributed by atoms with E-state index in [0.29, 0.717) is 41.8 Å². The van der Waals surface area contributed by atoms with E-state index >= 15 is 0 Å². The fourth-order valence-electron chi connectivity index (χ4n) is 3.99. The third-order valence-electron chi connectivity index (χ3n) is 5.97. The minimum Gasteiger partial charge on any atom is -0.493 e. The summed E-state index contributed by atoms with van der Waals surface area (Å²) in [6.07, 6.45) is 0.789. The number of halogens is 2. The van der Waals surface area contributed by atoms with Crippen LogP contribution in [-0.2, 0) is 26.1 Å². The number of carbonyl (C=O) groups is 1. The first-order valence-electron chi connectivity index (χ1n) is 12.1. The average Bonchev–Trinajstić information content (AvgIpc) is 3.39. The van der Waals surface area contributed by atoms with Crippen molar-refractivity contribution in [3.05, 3.63) is 110 Å². The van der Waals surface area contributed by atoms with Gasteiger partial charge in [0.15, 0.2) is 11.5 Å². The van der Waals surface area contributed by atoms with Gasteiger partial charge < -0.3 is 14.8 Å². The first-order valence-corrected chi connectivity index (χ1v) is 13.3. The highest BCUT2D eigenvalue weighted by Gasteiger charge is 2.15. The highest BCUT2D eigenvalue weighted by molar-refractivity contribution is 7.09. The topological polar surface area (TPSA) is 63.7 Å². The number of benzene rings is 3. The summed E-state index contributed by atoms with van der Waals surface area (Å²) in [6, 6.07) is 19.8. The number of ether oxygens (including phenoxy) is 2. The molecule has 198 valence electrons. The Hall–Kier alpha value is -3.46. The molecule has 1 N–H and O–H groups in total. The van der Waals surface area contributed by atoms with Gasteiger partial charge in [0.1, 0.15) is 16.5 Å². The lowest BCUT2D eigenvalue weighted by atomic mass is 10.1. The van der Waals surface area contributed by atoms with Crippen molar-refractivity contribution in [2.24, 2.45) is 0 Å². The van der Waals surface area contributed by atoms with Gasteiger partial charge in [-0.25, -0.2) is 9.37 Å². The summed E-state index contributed by atoms with van der Waals surface area (Å²) in [5, 5.41) is 6.14. The van der Waals surface area contributed by atoms with Crippen molar-refractivity contribution in [3.63, 3.8) is 0 Å². The molecule has 4 rings (SSSR count). The van der Waals surface area contributed by atoms with Gasteiger partial charge in [0.25, 0.3) is 5.91 Å². The van der Waals surface area contributed by atoms with E-state index in [-0.39, 0.29) is 11.7 Å². The molecule has 1 aromatic heterocycles. The average molecular weight is 554 g/mol. The lowest BCUT2D eigenvalue weighted by molar-refractivity contribution is 0.0946. The molecule has 4 aromatic rings. The van der Waals surface area contributed by atoms with Crippen LogP contribution in [0.1, 0.15) is 32.2 Å². The number of methoxy groups -OCH3 is 2. The van der Waals surface area contributed by atoms with E-state index in [1.54, 1.807) is 31.7 Å². The zero-order valence-corrected chi connectivity index (χ0v) is 22.8. The van der Waals surface area contributed by atoms with Crippen LogP contribution in [0.3, 0.4) is 0 Å². The van der Waals surface area contributed by atoms with Crippen molar-refractivity contribution in [2.45, 2.75) is 26.1 Å². The van der Waals surface area contributed by atoms with Gasteiger partial charge in [-0.1, -0.05) is 41.9 Å². The fourth-order valence-corrected chi connectivity index (χ4v) is 5.01. The molecule has 6 nitrogen and oxygen atoms in total. The van der Waals surface area contributed by atoms with Gasteiger partial charge in [-0.05, 0) is 59.5 Å². The molecule has 9 heteroatoms. The standard InChI is InChI=1S/C29H29ClFN3O3S/c1-36-26-11-8-20(15-27(26)37-2)12-13-34(17-22-4-3-5-23(30)14-22)18-28-33-25(19-38-28)29(35)32-16-21-6-9-24(31)10-7-21/h3-11,14-15,19H,12-13,16-18H2,1-2H3,(H,32,35). The molecule has 0 unspecified atom stereocenters. The van der Waals surface area contributed by atoms with E-state index in [9.17, 15) is 9.18 Å². The third-order valence-corrected chi connectivity index (χ3v) is 7.04. The number of aromatic nitrogens is 1. The molecule has 0 aliphatic heterocycles. The Morgan fingerprint density at radius 1 is 0.974 bits per heavy atom. The Morgan fingerprint density at radius 3 is 2.47 bits per heavy atom. The lowest BCUT2D eigenvalue weighted by Crippen LogP contribution is -2.26. The maximum absolute atomic E-state index is 13.1. The van der Waals surface area contributed by atoms with E-state index in [2.05, 4.69) is 15.2 Å². The monoisotopic (exact) mass is 553 g/mol. The maximum Gasteiger partial charge on any atom is 0.271 e. The van der Waals surface area contributed by atoms with Crippen LogP contribution >= 0.6 is 22.9 Å². The Bertz CT molecular complexity index is 1360. The molecule has 0 spiro atoms. The van der Waals surface area contributed by atoms with E-state index < -0.39 is 0 Å². The van der Waals surface area contributed by atoms with Crippen LogP contribution < -0.4 is 14.8 Å². The normalized spacial score (nSPS) is 11.0. The molecule has 38 heavy (non-hydrogen) atoms. The number of amides is 1. The Balaban J connectivity index is 1.42. The molecule has 0 aliphatic rings. The molecule has 0 radical (unpaired) electrons. The molecular weight excluding hydrogens is 525 g/mol. The molecule has 1 heterocycles. The van der Waals surface area contributed by atoms with Crippen LogP contribution in [0.25, 0.3) is 0 Å². The second kappa shape index (κ2) is 13.4. The van der Waals surface area contributed by atoms with Gasteiger partial charge in [0.2, 0.25) is 0 Å². The molecule has 0 bridgehead atoms. The third kappa shape index (κ3) is 7.77. The fraction of sp³-hybridized carbons (Fsp3) is 0.241. The highest BCUT2D eigenvalue weighted by Crippen LogP contribution is 2.28. The minimum absolute atomic E-state index is 0.261. The Morgan fingerprint density at radius 2 is 1.74 bits per heavy atom. The SMILES string of the molecule is COc1ccc(CCN(Cc2cccc(Cl)c2)Cc2nc(C(=O)NCc3ccc(F)cc3)cs2)cc1OC. The van der Waals surface area contributed by atoms with Crippen LogP contribution in [0, 0.1) is 5.82 Å². The smallest absolute Gasteiger partial charge is 0.271 e. The van der Waals surface area contributed by atoms with Crippen LogP contribution in [-0.4, -0.2) is 36.6 Å². The highest BCUT2D eigenvalue weighted by atomic mass is 35.5. The lowest BCUT2D eigenvalue weighted by Gasteiger charge is -2.22. The molecule has 0 atom stereocenters. The second-order valence-electron chi connectivity index (χ2n) is 8.72. The van der Waals surface area contributed by atoms with E-state index in [0.717, 1.165) is 34.7 Å². The summed E-state index contributed by atoms with van der Waals surface area (Å²) in [6.45, 7) is 2.32. The zero-order chi connectivity index (χ0) is 26.9. The number of nitrogens with one attached hydrogen (secondary N) is 1. The van der Waals surface area contributed by atoms with Gasteiger partial charge in [-0.15, -0.1) is 11.3 Å². The van der Waals surface area contributed by atoms with Crippen molar-refractivity contribution in [1.82, 2.24) is 15.2 Å². The molecular formula is C29H29ClFN3O3S. The number of hydrogen-bond donors (Lipinski definition) is 1. The van der Waals surface area contributed by atoms with Gasteiger partial charge in [0, 0.05) is 30.0 Å².